The molecule has 1 atom stereocenters. The van der Waals surface area contributed by atoms with Crippen molar-refractivity contribution in [3.05, 3.63) is 35.4 Å². The Hall–Kier alpha value is -1.33. The van der Waals surface area contributed by atoms with Gasteiger partial charge in [-0.15, -0.1) is 0 Å². The smallest absolute Gasteiger partial charge is 0.0829 e. The van der Waals surface area contributed by atoms with Gasteiger partial charge in [-0.25, -0.2) is 0 Å². The molecule has 0 aliphatic heterocycles. The predicted octanol–water partition coefficient (Wildman–Crippen LogP) is 3.21. The minimum Gasteiger partial charge on any atom is -0.382 e. The Kier molecular flexibility index (Phi) is 3.81. The monoisotopic (exact) mass is 229 g/mol. The van der Waals surface area contributed by atoms with E-state index in [1.54, 1.807) is 0 Å². The van der Waals surface area contributed by atoms with Crippen molar-refractivity contribution >= 4 is 0 Å². The molecule has 90 valence electrons. The lowest BCUT2D eigenvalue weighted by molar-refractivity contribution is 0.139. The molecule has 2 heteroatoms. The second kappa shape index (κ2) is 5.33. The van der Waals surface area contributed by atoms with Gasteiger partial charge in [0.1, 0.15) is 0 Å². The highest BCUT2D eigenvalue weighted by Gasteiger charge is 2.38. The Labute approximate surface area is 103 Å². The summed E-state index contributed by atoms with van der Waals surface area (Å²) in [6.45, 7) is 3.53. The molecular weight excluding hydrogens is 210 g/mol. The van der Waals surface area contributed by atoms with Gasteiger partial charge in [-0.3, -0.25) is 0 Å². The van der Waals surface area contributed by atoms with Crippen LogP contribution in [0.2, 0.25) is 0 Å². The molecule has 1 aromatic carbocycles. The third kappa shape index (κ3) is 2.35. The molecule has 0 N–H and O–H groups in total. The van der Waals surface area contributed by atoms with E-state index in [1.807, 2.05) is 13.0 Å². The first-order chi connectivity index (χ1) is 8.32. The maximum absolute atomic E-state index is 9.53. The maximum Gasteiger partial charge on any atom is 0.0829 e. The molecule has 0 saturated carbocycles. The van der Waals surface area contributed by atoms with Crippen LogP contribution in [-0.4, -0.2) is 13.2 Å². The van der Waals surface area contributed by atoms with Crippen molar-refractivity contribution in [2.45, 2.75) is 38.0 Å². The van der Waals surface area contributed by atoms with Crippen LogP contribution in [-0.2, 0) is 16.6 Å². The highest BCUT2D eigenvalue weighted by Crippen LogP contribution is 2.41. The van der Waals surface area contributed by atoms with Crippen LogP contribution in [0.1, 0.15) is 37.3 Å². The second-order valence-corrected chi connectivity index (χ2v) is 4.65. The van der Waals surface area contributed by atoms with Gasteiger partial charge in [0.15, 0.2) is 0 Å². The molecule has 0 heterocycles. The number of hydrogen-bond donors (Lipinski definition) is 0. The molecule has 1 aliphatic rings. The molecular formula is C15H19NO. The van der Waals surface area contributed by atoms with Crippen LogP contribution < -0.4 is 0 Å². The zero-order valence-electron chi connectivity index (χ0n) is 10.4. The summed E-state index contributed by atoms with van der Waals surface area (Å²) < 4.78 is 5.36. The Balaban J connectivity index is 2.09. The first kappa shape index (κ1) is 12.1. The summed E-state index contributed by atoms with van der Waals surface area (Å²) in [6, 6.07) is 10.9. The SMILES string of the molecule is CCOCCCC1(C#N)CCc2ccccc21. The van der Waals surface area contributed by atoms with E-state index >= 15 is 0 Å². The van der Waals surface area contributed by atoms with Gasteiger partial charge in [0.2, 0.25) is 0 Å². The highest BCUT2D eigenvalue weighted by molar-refractivity contribution is 5.43. The number of ether oxygens (including phenoxy) is 1. The van der Waals surface area contributed by atoms with E-state index in [9.17, 15) is 5.26 Å². The Morgan fingerprint density at radius 1 is 1.41 bits per heavy atom. The standard InChI is InChI=1S/C15H19NO/c1-2-17-11-5-9-15(12-16)10-8-13-6-3-4-7-14(13)15/h3-4,6-7H,2,5,8-11H2,1H3. The lowest BCUT2D eigenvalue weighted by atomic mass is 9.79. The first-order valence-corrected chi connectivity index (χ1v) is 6.40. The van der Waals surface area contributed by atoms with Crippen molar-refractivity contribution in [3.63, 3.8) is 0 Å². The molecule has 0 radical (unpaired) electrons. The maximum atomic E-state index is 9.53. The lowest BCUT2D eigenvalue weighted by Crippen LogP contribution is -2.21. The van der Waals surface area contributed by atoms with Crippen molar-refractivity contribution in [3.8, 4) is 6.07 Å². The van der Waals surface area contributed by atoms with Crippen LogP contribution >= 0.6 is 0 Å². The van der Waals surface area contributed by atoms with E-state index in [2.05, 4.69) is 24.3 Å². The summed E-state index contributed by atoms with van der Waals surface area (Å²) >= 11 is 0. The van der Waals surface area contributed by atoms with Crippen molar-refractivity contribution in [2.75, 3.05) is 13.2 Å². The van der Waals surface area contributed by atoms with E-state index in [0.29, 0.717) is 0 Å². The largest absolute Gasteiger partial charge is 0.382 e. The number of rotatable bonds is 5. The molecule has 17 heavy (non-hydrogen) atoms. The van der Waals surface area contributed by atoms with Crippen molar-refractivity contribution < 1.29 is 4.74 Å². The zero-order chi connectivity index (χ0) is 12.1. The minimum absolute atomic E-state index is 0.256. The Morgan fingerprint density at radius 2 is 2.24 bits per heavy atom. The van der Waals surface area contributed by atoms with Gasteiger partial charge in [-0.2, -0.15) is 5.26 Å². The first-order valence-electron chi connectivity index (χ1n) is 6.40. The summed E-state index contributed by atoms with van der Waals surface area (Å²) in [5.41, 5.74) is 2.35. The van der Waals surface area contributed by atoms with Crippen molar-refractivity contribution in [1.82, 2.24) is 0 Å². The van der Waals surface area contributed by atoms with Gasteiger partial charge >= 0.3 is 0 Å². The lowest BCUT2D eigenvalue weighted by Gasteiger charge is -2.22. The van der Waals surface area contributed by atoms with Crippen LogP contribution in [0.4, 0.5) is 0 Å². The predicted molar refractivity (Wildman–Crippen MR) is 67.8 cm³/mol. The summed E-state index contributed by atoms with van der Waals surface area (Å²) in [5, 5.41) is 9.53. The third-order valence-electron chi connectivity index (χ3n) is 3.66. The number of nitrogens with zero attached hydrogens (tertiary/aromatic N) is 1. The van der Waals surface area contributed by atoms with Crippen LogP contribution in [0, 0.1) is 11.3 Å². The van der Waals surface area contributed by atoms with Gasteiger partial charge in [0.25, 0.3) is 0 Å². The average Bonchev–Trinajstić information content (AvgIpc) is 2.75. The van der Waals surface area contributed by atoms with Gasteiger partial charge in [0.05, 0.1) is 11.5 Å². The normalized spacial score (nSPS) is 22.1. The number of benzene rings is 1. The molecule has 1 unspecified atom stereocenters. The second-order valence-electron chi connectivity index (χ2n) is 4.65. The highest BCUT2D eigenvalue weighted by atomic mass is 16.5. The fourth-order valence-corrected chi connectivity index (χ4v) is 2.74. The number of aryl methyl sites for hydroxylation is 1. The van der Waals surface area contributed by atoms with Crippen molar-refractivity contribution in [1.29, 1.82) is 5.26 Å². The molecule has 0 aromatic heterocycles. The van der Waals surface area contributed by atoms with E-state index < -0.39 is 0 Å². The number of fused-ring (bicyclic) bond motifs is 1. The number of hydrogen-bond acceptors (Lipinski definition) is 2. The van der Waals surface area contributed by atoms with Crippen LogP contribution in [0.5, 0.6) is 0 Å². The topological polar surface area (TPSA) is 33.0 Å². The number of nitriles is 1. The molecule has 2 rings (SSSR count). The Morgan fingerprint density at radius 3 is 3.00 bits per heavy atom. The molecule has 1 aliphatic carbocycles. The van der Waals surface area contributed by atoms with E-state index in [-0.39, 0.29) is 5.41 Å². The summed E-state index contributed by atoms with van der Waals surface area (Å²) in [6.07, 6.45) is 3.89. The molecule has 2 nitrogen and oxygen atoms in total. The molecule has 0 fully saturated rings. The van der Waals surface area contributed by atoms with Crippen LogP contribution in [0.15, 0.2) is 24.3 Å². The summed E-state index contributed by atoms with van der Waals surface area (Å²) in [5.74, 6) is 0. The minimum atomic E-state index is -0.256. The van der Waals surface area contributed by atoms with Crippen LogP contribution in [0.3, 0.4) is 0 Å². The Bertz CT molecular complexity index is 421. The third-order valence-corrected chi connectivity index (χ3v) is 3.66. The van der Waals surface area contributed by atoms with E-state index in [4.69, 9.17) is 4.74 Å². The van der Waals surface area contributed by atoms with Gasteiger partial charge in [0, 0.05) is 13.2 Å². The fraction of sp³-hybridized carbons (Fsp3) is 0.533. The summed E-state index contributed by atoms with van der Waals surface area (Å²) in [7, 11) is 0. The molecule has 0 saturated heterocycles. The molecule has 1 aromatic rings. The van der Waals surface area contributed by atoms with E-state index in [0.717, 1.165) is 38.9 Å². The molecule has 0 spiro atoms. The quantitative estimate of drug-likeness (QED) is 0.726. The molecule has 0 bridgehead atoms. The van der Waals surface area contributed by atoms with Gasteiger partial charge < -0.3 is 4.74 Å². The van der Waals surface area contributed by atoms with Crippen LogP contribution in [0.25, 0.3) is 0 Å². The van der Waals surface area contributed by atoms with Gasteiger partial charge in [-0.05, 0) is 43.7 Å². The van der Waals surface area contributed by atoms with Crippen molar-refractivity contribution in [2.24, 2.45) is 0 Å². The average molecular weight is 229 g/mol. The molecule has 0 amide bonds. The fourth-order valence-electron chi connectivity index (χ4n) is 2.74. The van der Waals surface area contributed by atoms with E-state index in [1.165, 1.54) is 11.1 Å². The zero-order valence-corrected chi connectivity index (χ0v) is 10.4. The summed E-state index contributed by atoms with van der Waals surface area (Å²) in [4.78, 5) is 0. The van der Waals surface area contributed by atoms with Gasteiger partial charge in [-0.1, -0.05) is 24.3 Å².